The summed E-state index contributed by atoms with van der Waals surface area (Å²) < 4.78 is 27.6. The van der Waals surface area contributed by atoms with Crippen molar-refractivity contribution >= 4 is 114 Å². The number of nitrogens with one attached hydrogen (secondary N) is 4. The maximum absolute atomic E-state index is 12.0. The average molecular weight is 1310 g/mol. The fourth-order valence-electron chi connectivity index (χ4n) is 10.6. The van der Waals surface area contributed by atoms with Gasteiger partial charge in [-0.3, -0.25) is 29.2 Å². The van der Waals surface area contributed by atoms with Crippen LogP contribution in [0.15, 0.2) is 229 Å². The molecule has 0 saturated heterocycles. The van der Waals surface area contributed by atoms with E-state index in [2.05, 4.69) is 78.9 Å². The van der Waals surface area contributed by atoms with Crippen molar-refractivity contribution in [2.75, 3.05) is 35.3 Å². The number of ketones is 2. The van der Waals surface area contributed by atoms with E-state index in [1.807, 2.05) is 54.6 Å². The SMILES string of the molecule is C.C.C=C1Nc2ccc(Oc3ccc4c(c3)CC(=O)C(=O)N4)cc2CC1=O.Nc1ccc(C(=O)OCCCC2=Nc3cc4ccccc4cc3C2)cc1.Nc1ccc(C(=O)OCc2nc3cc4ccccc4cc3[nH]2)cc1.O=C(NC=Nc1cccnc1)C1COc2ccccc2O1. The molecule has 21 nitrogen and oxygen atoms in total. The zero-order chi connectivity index (χ0) is 66.5. The number of nitrogens with zero attached hydrogens (tertiary/aromatic N) is 4. The quantitative estimate of drug-likeness (QED) is 0.0119. The number of ether oxygens (including phenoxy) is 5. The highest BCUT2D eigenvalue weighted by Crippen LogP contribution is 2.35. The Balaban J connectivity index is 0.000000141. The third-order valence-electron chi connectivity index (χ3n) is 15.6. The minimum atomic E-state index is -0.694. The van der Waals surface area contributed by atoms with Crippen molar-refractivity contribution in [3.63, 3.8) is 0 Å². The zero-order valence-corrected chi connectivity index (χ0v) is 51.6. The average Bonchev–Trinajstić information content (AvgIpc) is 1.61. The van der Waals surface area contributed by atoms with Gasteiger partial charge in [0.2, 0.25) is 11.9 Å². The van der Waals surface area contributed by atoms with E-state index in [1.54, 1.807) is 116 Å². The maximum atomic E-state index is 12.0. The first-order valence-electron chi connectivity index (χ1n) is 30.6. The van der Waals surface area contributed by atoms with Crippen molar-refractivity contribution in [3.05, 3.63) is 252 Å². The first-order chi connectivity index (χ1) is 46.7. The van der Waals surface area contributed by atoms with Crippen LogP contribution in [0.5, 0.6) is 23.0 Å². The standard InChI is InChI=1S/C22H20N2O2.C19H15N3O2.C19H14N2O4.C15H13N3O3.2CH4/c23-19-9-7-15(8-10-19)22(25)26-11-3-6-20-13-18-12-16-4-1-2-5-17(16)14-21(18)24-20;20-15-7-5-12(6-8-15)19(23)24-11-18-21-16-9-13-3-1-2-4-14(13)10-17(16)22-18;1-10-17(22)8-11-6-13(2-4-15(11)20-10)25-14-3-5-16-12(7-14)9-18(23)19(24)21-16;19-15(18-10-17-11-4-3-7-16-8-11)14-9-20-12-5-1-2-6-13(12)21-14;;/h1-2,4-5,7-10,12,14H,3,6,11,13,23H2;1-10H,11,20H2,(H,21,22);2-7,20H,1,8-9H2,(H,21,24);1-8,10,14H,9H2,(H,17,18,19);2*1H4. The Hall–Kier alpha value is -12.8. The Labute approximate surface area is 564 Å². The number of H-pyrrole nitrogens is 1. The summed E-state index contributed by atoms with van der Waals surface area (Å²) in [6.07, 6.45) is 6.70. The number of nitrogen functional groups attached to an aromatic ring is 2. The number of para-hydroxylation sites is 2. The lowest BCUT2D eigenvalue weighted by Gasteiger charge is -2.24. The normalized spacial score (nSPS) is 13.7. The van der Waals surface area contributed by atoms with Crippen LogP contribution in [-0.4, -0.2) is 81.6 Å². The molecule has 0 aliphatic carbocycles. The molecule has 21 heteroatoms. The smallest absolute Gasteiger partial charge is 0.338 e. The lowest BCUT2D eigenvalue weighted by atomic mass is 10.0. The molecule has 0 fully saturated rings. The van der Waals surface area contributed by atoms with E-state index in [4.69, 9.17) is 40.1 Å². The van der Waals surface area contributed by atoms with Crippen LogP contribution in [-0.2, 0) is 54.5 Å². The molecule has 4 aliphatic heterocycles. The number of allylic oxidation sites excluding steroid dienone is 1. The van der Waals surface area contributed by atoms with Crippen LogP contribution in [0.2, 0.25) is 0 Å². The zero-order valence-electron chi connectivity index (χ0n) is 51.6. The van der Waals surface area contributed by atoms with Gasteiger partial charge in [0.1, 0.15) is 30.5 Å². The van der Waals surface area contributed by atoms with E-state index in [9.17, 15) is 28.8 Å². The predicted octanol–water partition coefficient (Wildman–Crippen LogP) is 13.9. The van der Waals surface area contributed by atoms with Crippen molar-refractivity contribution in [1.82, 2.24) is 20.3 Å². The fourth-order valence-corrected chi connectivity index (χ4v) is 10.6. The van der Waals surface area contributed by atoms with E-state index in [1.165, 1.54) is 22.7 Å². The molecule has 4 aliphatic rings. The van der Waals surface area contributed by atoms with Gasteiger partial charge in [0.15, 0.2) is 17.3 Å². The van der Waals surface area contributed by atoms with Gasteiger partial charge in [-0.15, -0.1) is 0 Å². The highest BCUT2D eigenvalue weighted by Gasteiger charge is 2.28. The highest BCUT2D eigenvalue weighted by atomic mass is 16.6. The van der Waals surface area contributed by atoms with Gasteiger partial charge in [-0.05, 0) is 185 Å². The minimum absolute atomic E-state index is 0. The van der Waals surface area contributed by atoms with Gasteiger partial charge in [0.05, 0.1) is 58.4 Å². The predicted molar refractivity (Wildman–Crippen MR) is 381 cm³/mol. The molecular weight excluding hydrogens is 1240 g/mol. The molecule has 2 amide bonds. The third kappa shape index (κ3) is 17.1. The number of benzene rings is 9. The number of hydrogen-bond donors (Lipinski definition) is 6. The first-order valence-corrected chi connectivity index (χ1v) is 30.6. The molecule has 2 aromatic heterocycles. The number of fused-ring (bicyclic) bond motifs is 7. The Morgan fingerprint density at radius 2 is 1.24 bits per heavy atom. The van der Waals surface area contributed by atoms with Crippen molar-refractivity contribution in [1.29, 1.82) is 0 Å². The van der Waals surface area contributed by atoms with Gasteiger partial charge in [-0.25, -0.2) is 19.6 Å². The van der Waals surface area contributed by atoms with Gasteiger partial charge in [-0.1, -0.05) is 82.1 Å². The van der Waals surface area contributed by atoms with Crippen LogP contribution in [0.3, 0.4) is 0 Å². The van der Waals surface area contributed by atoms with Crippen LogP contribution in [0, 0.1) is 0 Å². The van der Waals surface area contributed by atoms with Crippen molar-refractivity contribution in [2.45, 2.75) is 59.7 Å². The number of anilines is 4. The molecule has 9 aromatic carbocycles. The van der Waals surface area contributed by atoms with Gasteiger partial charge < -0.3 is 56.1 Å². The summed E-state index contributed by atoms with van der Waals surface area (Å²) in [5.41, 5.74) is 22.8. The number of carbonyl (C=O) groups excluding carboxylic acids is 6. The number of aromatic nitrogens is 3. The number of amides is 2. The number of rotatable bonds is 13. The second kappa shape index (κ2) is 31.4. The van der Waals surface area contributed by atoms with E-state index < -0.39 is 23.8 Å². The van der Waals surface area contributed by atoms with Gasteiger partial charge >= 0.3 is 11.9 Å². The van der Waals surface area contributed by atoms with Gasteiger partial charge in [-0.2, -0.15) is 0 Å². The Bertz CT molecular complexity index is 4730. The van der Waals surface area contributed by atoms with Crippen LogP contribution >= 0.6 is 0 Å². The molecule has 11 aromatic rings. The van der Waals surface area contributed by atoms with E-state index >= 15 is 0 Å². The number of esters is 2. The Morgan fingerprint density at radius 3 is 1.91 bits per heavy atom. The van der Waals surface area contributed by atoms with Crippen LogP contribution < -0.4 is 41.6 Å². The minimum Gasteiger partial charge on any atom is -0.485 e. The molecule has 98 heavy (non-hydrogen) atoms. The number of carbonyl (C=O) groups is 6. The molecule has 0 radical (unpaired) electrons. The molecule has 0 saturated carbocycles. The highest BCUT2D eigenvalue weighted by molar-refractivity contribution is 6.42. The molecule has 1 unspecified atom stereocenters. The number of aliphatic imine (C=N–C) groups is 2. The van der Waals surface area contributed by atoms with Crippen LogP contribution in [0.1, 0.15) is 70.9 Å². The summed E-state index contributed by atoms with van der Waals surface area (Å²) in [4.78, 5) is 91.1. The number of nitrogens with two attached hydrogens (primary N) is 2. The summed E-state index contributed by atoms with van der Waals surface area (Å²) in [6.45, 7) is 4.34. The van der Waals surface area contributed by atoms with Crippen molar-refractivity contribution in [2.24, 2.45) is 9.98 Å². The largest absolute Gasteiger partial charge is 0.485 e. The first kappa shape index (κ1) is 68.1. The monoisotopic (exact) mass is 1310 g/mol. The molecule has 6 heterocycles. The topological polar surface area (TPSA) is 303 Å². The van der Waals surface area contributed by atoms with E-state index in [0.29, 0.717) is 80.6 Å². The third-order valence-corrected chi connectivity index (χ3v) is 15.6. The Morgan fingerprint density at radius 1 is 0.643 bits per heavy atom. The summed E-state index contributed by atoms with van der Waals surface area (Å²) in [6, 6.07) is 59.7. The summed E-state index contributed by atoms with van der Waals surface area (Å²) in [7, 11) is 0. The fraction of sp³-hybridized carbons (Fsp3) is 0.143. The van der Waals surface area contributed by atoms with Crippen molar-refractivity contribution < 1.29 is 52.5 Å². The molecular formula is C77H70N10O11. The summed E-state index contributed by atoms with van der Waals surface area (Å²) in [5, 5.41) is 12.8. The summed E-state index contributed by atoms with van der Waals surface area (Å²) in [5.74, 6) is 0.841. The van der Waals surface area contributed by atoms with Gasteiger partial charge in [0.25, 0.3) is 11.8 Å². The molecule has 0 spiro atoms. The number of aromatic amines is 1. The Kier molecular flexibility index (Phi) is 21.8. The number of imidazole rings is 1. The molecule has 494 valence electrons. The second-order valence-corrected chi connectivity index (χ2v) is 22.5. The number of Topliss-reactive ketones (excluding diaryl/α,β-unsaturated/α-hetero) is 2. The van der Waals surface area contributed by atoms with E-state index in [0.717, 1.165) is 63.7 Å². The van der Waals surface area contributed by atoms with Crippen molar-refractivity contribution in [3.8, 4) is 23.0 Å². The van der Waals surface area contributed by atoms with Gasteiger partial charge in [0, 0.05) is 53.9 Å². The van der Waals surface area contributed by atoms with Crippen LogP contribution in [0.4, 0.5) is 34.1 Å². The maximum Gasteiger partial charge on any atom is 0.338 e. The number of pyridine rings is 1. The molecule has 8 N–H and O–H groups in total. The second-order valence-electron chi connectivity index (χ2n) is 22.5. The molecule has 0 bridgehead atoms. The summed E-state index contributed by atoms with van der Waals surface area (Å²) >= 11 is 0. The van der Waals surface area contributed by atoms with E-state index in [-0.39, 0.29) is 58.6 Å². The molecule has 15 rings (SSSR count). The lowest BCUT2D eigenvalue weighted by Crippen LogP contribution is -2.43. The van der Waals surface area contributed by atoms with Crippen LogP contribution in [0.25, 0.3) is 32.6 Å². The molecule has 1 atom stereocenters. The number of hydrogen-bond acceptors (Lipinski definition) is 18. The lowest BCUT2D eigenvalue weighted by molar-refractivity contribution is -0.134.